The Labute approximate surface area is 166 Å². The minimum absolute atomic E-state index is 0.0187. The number of nitrogens with zero attached hydrogens (tertiary/aromatic N) is 2. The number of ether oxygens (including phenoxy) is 3. The highest BCUT2D eigenvalue weighted by molar-refractivity contribution is 5.67. The molecule has 0 bridgehead atoms. The molecule has 0 saturated carbocycles. The molecular formula is C22H28N2O4. The first-order chi connectivity index (χ1) is 13.5. The number of benzene rings is 1. The molecule has 2 aliphatic heterocycles. The van der Waals surface area contributed by atoms with Gasteiger partial charge in [0.25, 0.3) is 0 Å². The minimum Gasteiger partial charge on any atom is -0.501 e. The molecule has 0 aromatic heterocycles. The second kappa shape index (κ2) is 8.87. The Morgan fingerprint density at radius 2 is 2.14 bits per heavy atom. The average molecular weight is 384 g/mol. The largest absolute Gasteiger partial charge is 0.501 e. The van der Waals surface area contributed by atoms with Crippen LogP contribution in [0.4, 0.5) is 5.69 Å². The van der Waals surface area contributed by atoms with E-state index >= 15 is 0 Å². The maximum atomic E-state index is 10.9. The Bertz CT molecular complexity index is 800. The minimum atomic E-state index is 0.0187. The smallest absolute Gasteiger partial charge is 0.209 e. The standard InChI is InChI=1S/C22H28N2O4/c1-5-18(12-16(2)17(3)26-4)24-10-11-27-22-7-6-19(13-21(22)24)28-20-8-9-23(14-20)15-25/h5-7,12-13,15,20H,1,8-11,14H2,2-4H3/b17-16+,18-12+/t20-/m0/s1. The van der Waals surface area contributed by atoms with Crippen molar-refractivity contribution in [2.45, 2.75) is 26.4 Å². The summed E-state index contributed by atoms with van der Waals surface area (Å²) >= 11 is 0. The van der Waals surface area contributed by atoms with Crippen molar-refractivity contribution in [3.63, 3.8) is 0 Å². The van der Waals surface area contributed by atoms with Crippen LogP contribution in [0.5, 0.6) is 11.5 Å². The SMILES string of the molecule is C=C/C(=C\C(C)=C(/C)OC)N1CCOc2ccc(O[C@H]3CCN(C=O)C3)cc21. The van der Waals surface area contributed by atoms with E-state index in [0.717, 1.165) is 60.1 Å². The van der Waals surface area contributed by atoms with Crippen molar-refractivity contribution in [3.8, 4) is 11.5 Å². The van der Waals surface area contributed by atoms with Crippen molar-refractivity contribution in [2.75, 3.05) is 38.3 Å². The number of hydrogen-bond donors (Lipinski definition) is 0. The molecule has 0 aliphatic carbocycles. The Morgan fingerprint density at radius 1 is 1.32 bits per heavy atom. The number of carbonyl (C=O) groups excluding carboxylic acids is 1. The van der Waals surface area contributed by atoms with Crippen LogP contribution in [0.15, 0.2) is 54.0 Å². The maximum Gasteiger partial charge on any atom is 0.209 e. The summed E-state index contributed by atoms with van der Waals surface area (Å²) in [5, 5.41) is 0. The van der Waals surface area contributed by atoms with Gasteiger partial charge in [-0.1, -0.05) is 6.58 Å². The maximum absolute atomic E-state index is 10.9. The molecule has 28 heavy (non-hydrogen) atoms. The molecule has 0 radical (unpaired) electrons. The highest BCUT2D eigenvalue weighted by atomic mass is 16.5. The van der Waals surface area contributed by atoms with E-state index in [2.05, 4.69) is 17.6 Å². The Morgan fingerprint density at radius 3 is 2.82 bits per heavy atom. The topological polar surface area (TPSA) is 51.2 Å². The number of allylic oxidation sites excluding steroid dienone is 4. The lowest BCUT2D eigenvalue weighted by Gasteiger charge is -2.32. The number of fused-ring (bicyclic) bond motifs is 1. The zero-order valence-corrected chi connectivity index (χ0v) is 16.8. The van der Waals surface area contributed by atoms with Crippen LogP contribution in [0.1, 0.15) is 20.3 Å². The number of methoxy groups -OCH3 is 1. The van der Waals surface area contributed by atoms with Gasteiger partial charge in [0.1, 0.15) is 24.2 Å². The second-order valence-corrected chi connectivity index (χ2v) is 6.98. The van der Waals surface area contributed by atoms with Gasteiger partial charge in [0.2, 0.25) is 6.41 Å². The van der Waals surface area contributed by atoms with Crippen molar-refractivity contribution in [1.29, 1.82) is 0 Å². The van der Waals surface area contributed by atoms with Crippen molar-refractivity contribution in [3.05, 3.63) is 54.0 Å². The molecule has 1 aromatic rings. The summed E-state index contributed by atoms with van der Waals surface area (Å²) in [5.74, 6) is 2.46. The molecule has 0 unspecified atom stereocenters. The molecule has 0 N–H and O–H groups in total. The third kappa shape index (κ3) is 4.32. The van der Waals surface area contributed by atoms with Gasteiger partial charge in [-0.15, -0.1) is 0 Å². The Balaban J connectivity index is 1.86. The molecule has 1 amide bonds. The predicted octanol–water partition coefficient (Wildman–Crippen LogP) is 3.51. The summed E-state index contributed by atoms with van der Waals surface area (Å²) < 4.78 is 17.3. The summed E-state index contributed by atoms with van der Waals surface area (Å²) in [6.07, 6.45) is 5.64. The van der Waals surface area contributed by atoms with Crippen molar-refractivity contribution in [2.24, 2.45) is 0 Å². The van der Waals surface area contributed by atoms with Crippen molar-refractivity contribution >= 4 is 12.1 Å². The molecule has 6 heteroatoms. The van der Waals surface area contributed by atoms with Crippen LogP contribution < -0.4 is 14.4 Å². The van der Waals surface area contributed by atoms with Gasteiger partial charge in [0, 0.05) is 24.7 Å². The molecule has 0 spiro atoms. The van der Waals surface area contributed by atoms with Crippen LogP contribution in [-0.2, 0) is 9.53 Å². The predicted molar refractivity (Wildman–Crippen MR) is 110 cm³/mol. The van der Waals surface area contributed by atoms with Gasteiger partial charge in [-0.3, -0.25) is 4.79 Å². The fourth-order valence-corrected chi connectivity index (χ4v) is 3.41. The van der Waals surface area contributed by atoms with Gasteiger partial charge in [0.15, 0.2) is 0 Å². The van der Waals surface area contributed by atoms with Gasteiger partial charge >= 0.3 is 0 Å². The van der Waals surface area contributed by atoms with E-state index in [9.17, 15) is 4.79 Å². The third-order valence-electron chi connectivity index (χ3n) is 5.17. The first-order valence-electron chi connectivity index (χ1n) is 9.51. The van der Waals surface area contributed by atoms with Crippen LogP contribution >= 0.6 is 0 Å². The molecule has 6 nitrogen and oxygen atoms in total. The fourth-order valence-electron chi connectivity index (χ4n) is 3.41. The molecular weight excluding hydrogens is 356 g/mol. The van der Waals surface area contributed by atoms with Crippen LogP contribution in [-0.4, -0.2) is 50.8 Å². The molecule has 3 rings (SSSR count). The van der Waals surface area contributed by atoms with E-state index in [0.29, 0.717) is 13.2 Å². The van der Waals surface area contributed by atoms with Crippen LogP contribution in [0.3, 0.4) is 0 Å². The Kier molecular flexibility index (Phi) is 6.29. The average Bonchev–Trinajstić information content (AvgIpc) is 3.18. The summed E-state index contributed by atoms with van der Waals surface area (Å²) in [6.45, 7) is 10.6. The lowest BCUT2D eigenvalue weighted by atomic mass is 10.1. The number of rotatable bonds is 7. The summed E-state index contributed by atoms with van der Waals surface area (Å²) in [7, 11) is 1.67. The van der Waals surface area contributed by atoms with E-state index in [-0.39, 0.29) is 6.10 Å². The van der Waals surface area contributed by atoms with E-state index in [4.69, 9.17) is 14.2 Å². The lowest BCUT2D eigenvalue weighted by Crippen LogP contribution is -2.31. The van der Waals surface area contributed by atoms with Gasteiger partial charge in [0.05, 0.1) is 31.6 Å². The molecule has 1 aromatic carbocycles. The summed E-state index contributed by atoms with van der Waals surface area (Å²) in [4.78, 5) is 14.8. The number of carbonyl (C=O) groups is 1. The first kappa shape index (κ1) is 19.9. The quantitative estimate of drug-likeness (QED) is 0.409. The van der Waals surface area contributed by atoms with Crippen LogP contribution in [0, 0.1) is 0 Å². The zero-order valence-electron chi connectivity index (χ0n) is 16.8. The van der Waals surface area contributed by atoms with Gasteiger partial charge in [-0.2, -0.15) is 0 Å². The molecule has 1 atom stereocenters. The van der Waals surface area contributed by atoms with E-state index in [1.807, 2.05) is 38.1 Å². The highest BCUT2D eigenvalue weighted by Crippen LogP contribution is 2.38. The normalized spacial score (nSPS) is 20.1. The summed E-state index contributed by atoms with van der Waals surface area (Å²) in [6, 6.07) is 5.86. The zero-order chi connectivity index (χ0) is 20.1. The van der Waals surface area contributed by atoms with Crippen LogP contribution in [0.25, 0.3) is 0 Å². The number of anilines is 1. The van der Waals surface area contributed by atoms with E-state index in [1.165, 1.54) is 0 Å². The Hall–Kier alpha value is -2.89. The van der Waals surface area contributed by atoms with Crippen molar-refractivity contribution in [1.82, 2.24) is 4.90 Å². The third-order valence-corrected chi connectivity index (χ3v) is 5.17. The summed E-state index contributed by atoms with van der Waals surface area (Å²) in [5.41, 5.74) is 2.96. The van der Waals surface area contributed by atoms with Gasteiger partial charge < -0.3 is 24.0 Å². The molecule has 1 fully saturated rings. The highest BCUT2D eigenvalue weighted by Gasteiger charge is 2.25. The van der Waals surface area contributed by atoms with E-state index in [1.54, 1.807) is 12.0 Å². The first-order valence-corrected chi connectivity index (χ1v) is 9.51. The molecule has 2 heterocycles. The van der Waals surface area contributed by atoms with Gasteiger partial charge in [-0.25, -0.2) is 0 Å². The van der Waals surface area contributed by atoms with Crippen LogP contribution in [0.2, 0.25) is 0 Å². The number of amides is 1. The van der Waals surface area contributed by atoms with E-state index < -0.39 is 0 Å². The van der Waals surface area contributed by atoms with Crippen molar-refractivity contribution < 1.29 is 19.0 Å². The number of likely N-dealkylation sites (tertiary alicyclic amines) is 1. The fraction of sp³-hybridized carbons (Fsp3) is 0.409. The van der Waals surface area contributed by atoms with Gasteiger partial charge in [-0.05, 0) is 43.7 Å². The number of hydrogen-bond acceptors (Lipinski definition) is 5. The molecule has 150 valence electrons. The molecule has 2 aliphatic rings. The molecule has 1 saturated heterocycles. The lowest BCUT2D eigenvalue weighted by molar-refractivity contribution is -0.117. The monoisotopic (exact) mass is 384 g/mol. The second-order valence-electron chi connectivity index (χ2n) is 6.98.